The van der Waals surface area contributed by atoms with Crippen molar-refractivity contribution in [3.63, 3.8) is 0 Å². The molecular weight excluding hydrogens is 458 g/mol. The van der Waals surface area contributed by atoms with Crippen LogP contribution in [0, 0.1) is 0 Å². The molecule has 5 heterocycles. The van der Waals surface area contributed by atoms with Gasteiger partial charge in [-0.3, -0.25) is 14.5 Å². The van der Waals surface area contributed by atoms with E-state index >= 15 is 0 Å². The Hall–Kier alpha value is -5.30. The van der Waals surface area contributed by atoms with Gasteiger partial charge in [-0.2, -0.15) is 0 Å². The fourth-order valence-electron chi connectivity index (χ4n) is 4.57. The van der Waals surface area contributed by atoms with E-state index in [2.05, 4.69) is 50.9 Å². The van der Waals surface area contributed by atoms with Gasteiger partial charge in [0.1, 0.15) is 17.0 Å². The molecule has 0 N–H and O–H groups in total. The molecule has 5 aromatic heterocycles. The van der Waals surface area contributed by atoms with E-state index in [4.69, 9.17) is 19.9 Å². The molecule has 0 spiro atoms. The fourth-order valence-corrected chi connectivity index (χ4v) is 4.57. The highest BCUT2D eigenvalue weighted by Gasteiger charge is 2.16. The standard InChI is InChI=1S/C30H19N7/c1-2-15-26-22(11-1)23-12-8-18-33-30(23)37(26)21-10-7-9-20(19-21)27-34-28(24-13-3-5-16-31-24)36-29(35-27)25-14-4-6-17-32-25/h1-19H. The average molecular weight is 478 g/mol. The first-order valence-corrected chi connectivity index (χ1v) is 11.9. The highest BCUT2D eigenvalue weighted by atomic mass is 15.1. The molecule has 37 heavy (non-hydrogen) atoms. The van der Waals surface area contributed by atoms with Crippen LogP contribution in [0.2, 0.25) is 0 Å². The number of fused-ring (bicyclic) bond motifs is 3. The Morgan fingerprint density at radius 3 is 1.86 bits per heavy atom. The molecule has 174 valence electrons. The van der Waals surface area contributed by atoms with E-state index in [-0.39, 0.29) is 0 Å². The summed E-state index contributed by atoms with van der Waals surface area (Å²) >= 11 is 0. The molecular formula is C30H19N7. The quantitative estimate of drug-likeness (QED) is 0.302. The smallest absolute Gasteiger partial charge is 0.182 e. The number of para-hydroxylation sites is 1. The molecule has 7 heteroatoms. The number of hydrogen-bond donors (Lipinski definition) is 0. The number of benzene rings is 2. The third-order valence-electron chi connectivity index (χ3n) is 6.22. The summed E-state index contributed by atoms with van der Waals surface area (Å²) in [7, 11) is 0. The Morgan fingerprint density at radius 2 is 1.14 bits per heavy atom. The fraction of sp³-hybridized carbons (Fsp3) is 0. The maximum absolute atomic E-state index is 4.81. The van der Waals surface area contributed by atoms with Crippen molar-refractivity contribution in [3.05, 3.63) is 116 Å². The molecule has 7 rings (SSSR count). The van der Waals surface area contributed by atoms with Gasteiger partial charge in [0.2, 0.25) is 0 Å². The van der Waals surface area contributed by atoms with E-state index in [9.17, 15) is 0 Å². The summed E-state index contributed by atoms with van der Waals surface area (Å²) in [5, 5.41) is 2.27. The largest absolute Gasteiger partial charge is 0.294 e. The van der Waals surface area contributed by atoms with Crippen molar-refractivity contribution >= 4 is 21.9 Å². The van der Waals surface area contributed by atoms with E-state index in [1.54, 1.807) is 12.4 Å². The maximum atomic E-state index is 4.81. The number of aromatic nitrogens is 7. The molecule has 0 aliphatic heterocycles. The van der Waals surface area contributed by atoms with Crippen molar-refractivity contribution in [3.8, 4) is 40.1 Å². The van der Waals surface area contributed by atoms with Gasteiger partial charge in [-0.15, -0.1) is 0 Å². The normalized spacial score (nSPS) is 11.2. The summed E-state index contributed by atoms with van der Waals surface area (Å²) in [6.45, 7) is 0. The summed E-state index contributed by atoms with van der Waals surface area (Å²) in [5.74, 6) is 1.54. The molecule has 0 fully saturated rings. The highest BCUT2D eigenvalue weighted by molar-refractivity contribution is 6.07. The molecule has 0 radical (unpaired) electrons. The number of rotatable bonds is 4. The van der Waals surface area contributed by atoms with Gasteiger partial charge in [0.05, 0.1) is 5.52 Å². The van der Waals surface area contributed by atoms with Crippen LogP contribution < -0.4 is 0 Å². The second-order valence-electron chi connectivity index (χ2n) is 8.51. The number of pyridine rings is 3. The van der Waals surface area contributed by atoms with Crippen LogP contribution in [0.5, 0.6) is 0 Å². The van der Waals surface area contributed by atoms with Crippen LogP contribution in [0.25, 0.3) is 62.0 Å². The van der Waals surface area contributed by atoms with Gasteiger partial charge in [0, 0.05) is 40.6 Å². The van der Waals surface area contributed by atoms with E-state index in [1.165, 1.54) is 0 Å². The molecule has 0 atom stereocenters. The van der Waals surface area contributed by atoms with Crippen molar-refractivity contribution < 1.29 is 0 Å². The number of nitrogens with zero attached hydrogens (tertiary/aromatic N) is 7. The molecule has 0 bridgehead atoms. The summed E-state index contributed by atoms with van der Waals surface area (Å²) in [6, 6.07) is 32.0. The molecule has 0 amide bonds. The average Bonchev–Trinajstić information content (AvgIpc) is 3.32. The summed E-state index contributed by atoms with van der Waals surface area (Å²) in [4.78, 5) is 27.9. The molecule has 7 nitrogen and oxygen atoms in total. The van der Waals surface area contributed by atoms with Crippen molar-refractivity contribution in [2.24, 2.45) is 0 Å². The van der Waals surface area contributed by atoms with Crippen molar-refractivity contribution in [2.45, 2.75) is 0 Å². The lowest BCUT2D eigenvalue weighted by molar-refractivity contribution is 1.04. The van der Waals surface area contributed by atoms with Gasteiger partial charge in [0.25, 0.3) is 0 Å². The van der Waals surface area contributed by atoms with Crippen LogP contribution in [0.1, 0.15) is 0 Å². The molecule has 0 saturated heterocycles. The lowest BCUT2D eigenvalue weighted by atomic mass is 10.1. The Balaban J connectivity index is 1.44. The van der Waals surface area contributed by atoms with Gasteiger partial charge in [-0.1, -0.05) is 42.5 Å². The van der Waals surface area contributed by atoms with Crippen LogP contribution in [0.3, 0.4) is 0 Å². The van der Waals surface area contributed by atoms with Gasteiger partial charge in [0.15, 0.2) is 17.5 Å². The van der Waals surface area contributed by atoms with Crippen LogP contribution in [0.15, 0.2) is 116 Å². The summed E-state index contributed by atoms with van der Waals surface area (Å²) < 4.78 is 2.18. The second-order valence-corrected chi connectivity index (χ2v) is 8.51. The second kappa shape index (κ2) is 8.73. The lowest BCUT2D eigenvalue weighted by Gasteiger charge is -2.10. The first kappa shape index (κ1) is 21.0. The maximum Gasteiger partial charge on any atom is 0.182 e. The monoisotopic (exact) mass is 477 g/mol. The minimum atomic E-state index is 0.496. The zero-order valence-electron chi connectivity index (χ0n) is 19.6. The molecule has 2 aromatic carbocycles. The predicted octanol–water partition coefficient (Wildman–Crippen LogP) is 6.15. The Bertz CT molecular complexity index is 1770. The van der Waals surface area contributed by atoms with Crippen LogP contribution in [-0.4, -0.2) is 34.5 Å². The highest BCUT2D eigenvalue weighted by Crippen LogP contribution is 2.32. The zero-order valence-corrected chi connectivity index (χ0v) is 19.6. The Kier molecular flexibility index (Phi) is 4.96. The van der Waals surface area contributed by atoms with E-state index in [1.807, 2.05) is 66.9 Å². The van der Waals surface area contributed by atoms with Gasteiger partial charge in [-0.25, -0.2) is 19.9 Å². The zero-order chi connectivity index (χ0) is 24.6. The van der Waals surface area contributed by atoms with Crippen molar-refractivity contribution in [2.75, 3.05) is 0 Å². The van der Waals surface area contributed by atoms with Crippen molar-refractivity contribution in [1.29, 1.82) is 0 Å². The van der Waals surface area contributed by atoms with E-state index in [0.29, 0.717) is 28.9 Å². The minimum absolute atomic E-state index is 0.496. The summed E-state index contributed by atoms with van der Waals surface area (Å²) in [5.41, 5.74) is 5.17. The molecule has 7 aromatic rings. The van der Waals surface area contributed by atoms with E-state index < -0.39 is 0 Å². The first-order chi connectivity index (χ1) is 18.3. The van der Waals surface area contributed by atoms with Gasteiger partial charge >= 0.3 is 0 Å². The molecule has 0 aliphatic rings. The van der Waals surface area contributed by atoms with Crippen molar-refractivity contribution in [1.82, 2.24) is 34.5 Å². The van der Waals surface area contributed by atoms with Gasteiger partial charge < -0.3 is 0 Å². The van der Waals surface area contributed by atoms with Gasteiger partial charge in [-0.05, 0) is 54.6 Å². The SMILES string of the molecule is c1ccc(-c2nc(-c3cccc(-n4c5ccccc5c5cccnc54)c3)nc(-c3ccccn3)n2)nc1. The third-order valence-corrected chi connectivity index (χ3v) is 6.22. The molecule has 0 aliphatic carbocycles. The Labute approximate surface area is 212 Å². The van der Waals surface area contributed by atoms with E-state index in [0.717, 1.165) is 33.2 Å². The Morgan fingerprint density at radius 1 is 0.486 bits per heavy atom. The topological polar surface area (TPSA) is 82.3 Å². The number of hydrogen-bond acceptors (Lipinski definition) is 6. The molecule has 0 unspecified atom stereocenters. The minimum Gasteiger partial charge on any atom is -0.294 e. The molecule has 0 saturated carbocycles. The summed E-state index contributed by atoms with van der Waals surface area (Å²) in [6.07, 6.45) is 5.29. The van der Waals surface area contributed by atoms with Crippen LogP contribution in [0.4, 0.5) is 0 Å². The third kappa shape index (κ3) is 3.70. The first-order valence-electron chi connectivity index (χ1n) is 11.9. The van der Waals surface area contributed by atoms with Crippen LogP contribution >= 0.6 is 0 Å². The lowest BCUT2D eigenvalue weighted by Crippen LogP contribution is -2.02. The predicted molar refractivity (Wildman–Crippen MR) is 144 cm³/mol. The van der Waals surface area contributed by atoms with Crippen LogP contribution in [-0.2, 0) is 0 Å².